The van der Waals surface area contributed by atoms with E-state index in [2.05, 4.69) is 36.9 Å². The Bertz CT molecular complexity index is 1330. The Hall–Kier alpha value is -4.60. The molecular formula is C27H37N9O6S. The van der Waals surface area contributed by atoms with Crippen molar-refractivity contribution >= 4 is 62.8 Å². The lowest BCUT2D eigenvalue weighted by molar-refractivity contribution is -0.133. The predicted molar refractivity (Wildman–Crippen MR) is 159 cm³/mol. The fourth-order valence-corrected chi connectivity index (χ4v) is 5.38. The van der Waals surface area contributed by atoms with Gasteiger partial charge in [-0.3, -0.25) is 34.2 Å². The number of ketones is 1. The molecule has 2 heterocycles. The number of carbonyl (C=O) groups excluding carboxylic acids is 6. The van der Waals surface area contributed by atoms with Crippen LogP contribution in [0, 0.1) is 5.41 Å². The minimum Gasteiger partial charge on any atom is -0.370 e. The summed E-state index contributed by atoms with van der Waals surface area (Å²) in [5.41, 5.74) is 6.01. The maximum atomic E-state index is 13.5. The number of guanidine groups is 1. The van der Waals surface area contributed by atoms with Gasteiger partial charge < -0.3 is 37.6 Å². The summed E-state index contributed by atoms with van der Waals surface area (Å²) in [5, 5.41) is 23.1. The minimum absolute atomic E-state index is 0.212. The van der Waals surface area contributed by atoms with Gasteiger partial charge >= 0.3 is 0 Å². The third kappa shape index (κ3) is 10.6. The van der Waals surface area contributed by atoms with Crippen LogP contribution in [0.25, 0.3) is 10.2 Å². The first-order valence-electron chi connectivity index (χ1n) is 13.9. The van der Waals surface area contributed by atoms with Crippen LogP contribution in [0.2, 0.25) is 0 Å². The number of hydrogen-bond acceptors (Lipinski definition) is 9. The highest BCUT2D eigenvalue weighted by Crippen LogP contribution is 2.23. The lowest BCUT2D eigenvalue weighted by Crippen LogP contribution is -2.54. The molecular weight excluding hydrogens is 578 g/mol. The van der Waals surface area contributed by atoms with Crippen molar-refractivity contribution in [2.75, 3.05) is 19.6 Å². The number of amides is 5. The third-order valence-electron chi connectivity index (χ3n) is 6.52. The van der Waals surface area contributed by atoms with Gasteiger partial charge in [-0.25, -0.2) is 4.98 Å². The van der Waals surface area contributed by atoms with Crippen LogP contribution in [-0.4, -0.2) is 84.0 Å². The second-order valence-corrected chi connectivity index (χ2v) is 11.1. The molecule has 15 nitrogen and oxygen atoms in total. The van der Waals surface area contributed by atoms with E-state index in [1.54, 1.807) is 6.07 Å². The molecule has 232 valence electrons. The zero-order valence-electron chi connectivity index (χ0n) is 23.8. The predicted octanol–water partition coefficient (Wildman–Crippen LogP) is -0.977. The largest absolute Gasteiger partial charge is 0.370 e. The molecule has 0 aliphatic carbocycles. The second kappa shape index (κ2) is 16.1. The van der Waals surface area contributed by atoms with E-state index >= 15 is 0 Å². The first-order chi connectivity index (χ1) is 20.5. The van der Waals surface area contributed by atoms with Crippen molar-refractivity contribution in [2.45, 2.75) is 63.6 Å². The summed E-state index contributed by atoms with van der Waals surface area (Å²) in [6.45, 7) is 1.28. The van der Waals surface area contributed by atoms with E-state index in [4.69, 9.17) is 11.1 Å². The van der Waals surface area contributed by atoms with E-state index in [0.717, 1.165) is 4.70 Å². The number of Topliss-reactive ketones (excluding diaryl/α,β-unsaturated/α-hetero) is 1. The van der Waals surface area contributed by atoms with Crippen molar-refractivity contribution in [1.29, 1.82) is 5.41 Å². The van der Waals surface area contributed by atoms with Crippen LogP contribution in [0.4, 0.5) is 0 Å². The van der Waals surface area contributed by atoms with Gasteiger partial charge in [-0.15, -0.1) is 11.3 Å². The van der Waals surface area contributed by atoms with Gasteiger partial charge in [0.15, 0.2) is 11.0 Å². The summed E-state index contributed by atoms with van der Waals surface area (Å²) in [5.74, 6) is -3.53. The molecule has 16 heteroatoms. The Kier molecular flexibility index (Phi) is 12.4. The molecule has 0 radical (unpaired) electrons. The molecule has 1 aromatic carbocycles. The van der Waals surface area contributed by atoms with E-state index in [9.17, 15) is 28.8 Å². The molecule has 1 saturated heterocycles. The average molecular weight is 616 g/mol. The number of fused-ring (bicyclic) bond motifs is 1. The molecule has 9 N–H and O–H groups in total. The second-order valence-electron chi connectivity index (χ2n) is 10.0. The SMILES string of the molecule is CC(=O)N[C@H]1CC(=O)NCCCC[C@@H](C(=O)NC(CCCNC(=N)N)C(=O)c2nc3ccccc3s2)NC(=O)CNC1=O. The zero-order chi connectivity index (χ0) is 31.4. The summed E-state index contributed by atoms with van der Waals surface area (Å²) in [4.78, 5) is 80.5. The first-order valence-corrected chi connectivity index (χ1v) is 14.7. The highest BCUT2D eigenvalue weighted by Gasteiger charge is 2.30. The van der Waals surface area contributed by atoms with E-state index in [-0.39, 0.29) is 42.6 Å². The van der Waals surface area contributed by atoms with Gasteiger partial charge in [0.1, 0.15) is 12.1 Å². The number of nitrogens with two attached hydrogens (primary N) is 1. The summed E-state index contributed by atoms with van der Waals surface area (Å²) >= 11 is 1.21. The summed E-state index contributed by atoms with van der Waals surface area (Å²) in [6, 6.07) is 4.12. The maximum Gasteiger partial charge on any atom is 0.243 e. The number of thiazole rings is 1. The monoisotopic (exact) mass is 615 g/mol. The van der Waals surface area contributed by atoms with E-state index in [1.807, 2.05) is 18.2 Å². The highest BCUT2D eigenvalue weighted by atomic mass is 32.1. The number of hydrogen-bond donors (Lipinski definition) is 8. The van der Waals surface area contributed by atoms with Crippen LogP contribution in [0.5, 0.6) is 0 Å². The molecule has 1 aliphatic heterocycles. The van der Waals surface area contributed by atoms with E-state index in [1.165, 1.54) is 18.3 Å². The van der Waals surface area contributed by atoms with E-state index in [0.29, 0.717) is 31.3 Å². The molecule has 0 saturated carbocycles. The topological polar surface area (TPSA) is 237 Å². The van der Waals surface area contributed by atoms with Crippen LogP contribution >= 0.6 is 11.3 Å². The Balaban J connectivity index is 1.74. The van der Waals surface area contributed by atoms with Gasteiger partial charge in [0, 0.05) is 20.0 Å². The smallest absolute Gasteiger partial charge is 0.243 e. The lowest BCUT2D eigenvalue weighted by Gasteiger charge is -2.23. The van der Waals surface area contributed by atoms with Crippen molar-refractivity contribution in [3.05, 3.63) is 29.3 Å². The Labute approximate surface area is 252 Å². The molecule has 3 atom stereocenters. The van der Waals surface area contributed by atoms with Gasteiger partial charge in [-0.1, -0.05) is 12.1 Å². The number of para-hydroxylation sites is 1. The highest BCUT2D eigenvalue weighted by molar-refractivity contribution is 7.20. The van der Waals surface area contributed by atoms with Gasteiger partial charge in [0.2, 0.25) is 35.3 Å². The summed E-state index contributed by atoms with van der Waals surface area (Å²) in [6.07, 6.45) is 1.48. The molecule has 0 spiro atoms. The molecule has 1 aromatic heterocycles. The Morgan fingerprint density at radius 2 is 1.91 bits per heavy atom. The summed E-state index contributed by atoms with van der Waals surface area (Å²) in [7, 11) is 0. The zero-order valence-corrected chi connectivity index (χ0v) is 24.6. The van der Waals surface area contributed by atoms with Gasteiger partial charge in [-0.2, -0.15) is 0 Å². The van der Waals surface area contributed by atoms with Crippen molar-refractivity contribution in [2.24, 2.45) is 5.73 Å². The van der Waals surface area contributed by atoms with E-state index < -0.39 is 54.2 Å². The standard InChI is InChI=1S/C27H37N9O6S/c1-15(37)33-19-13-21(38)30-11-5-4-8-18(34-22(39)14-32-24(19)41)25(42)35-17(9-6-12-31-27(28)29)23(40)26-36-16-7-2-3-10-20(16)43-26/h2-3,7,10,17-19H,4-6,8-9,11-14H2,1H3,(H,30,38)(H,32,41)(H,33,37)(H,34,39)(H,35,42)(H4,28,29,31)/t17?,18-,19-/m0/s1. The molecule has 5 amide bonds. The average Bonchev–Trinajstić information content (AvgIpc) is 3.39. The maximum absolute atomic E-state index is 13.5. The molecule has 1 fully saturated rings. The number of nitrogens with one attached hydrogen (secondary N) is 7. The van der Waals surface area contributed by atoms with Crippen LogP contribution in [-0.2, 0) is 24.0 Å². The number of rotatable bonds is 9. The number of benzene rings is 1. The molecule has 1 unspecified atom stereocenters. The van der Waals surface area contributed by atoms with Crippen LogP contribution < -0.4 is 37.6 Å². The first kappa shape index (κ1) is 32.9. The molecule has 0 bridgehead atoms. The minimum atomic E-state index is -1.17. The van der Waals surface area contributed by atoms with Crippen molar-refractivity contribution in [3.8, 4) is 0 Å². The molecule has 2 aromatic rings. The lowest BCUT2D eigenvalue weighted by atomic mass is 10.0. The Morgan fingerprint density at radius 1 is 1.14 bits per heavy atom. The fraction of sp³-hybridized carbons (Fsp3) is 0.481. The van der Waals surface area contributed by atoms with Crippen LogP contribution in [0.1, 0.15) is 55.3 Å². The van der Waals surface area contributed by atoms with Crippen molar-refractivity contribution in [1.82, 2.24) is 36.9 Å². The summed E-state index contributed by atoms with van der Waals surface area (Å²) < 4.78 is 0.822. The normalized spacial score (nSPS) is 19.1. The molecule has 3 rings (SSSR count). The molecule has 43 heavy (non-hydrogen) atoms. The third-order valence-corrected chi connectivity index (χ3v) is 7.57. The van der Waals surface area contributed by atoms with Crippen LogP contribution in [0.15, 0.2) is 24.3 Å². The van der Waals surface area contributed by atoms with Crippen molar-refractivity contribution in [3.63, 3.8) is 0 Å². The number of carbonyl (C=O) groups is 6. The number of aromatic nitrogens is 1. The quantitative estimate of drug-likeness (QED) is 0.0748. The van der Waals surface area contributed by atoms with Gasteiger partial charge in [0.25, 0.3) is 0 Å². The Morgan fingerprint density at radius 3 is 2.63 bits per heavy atom. The van der Waals surface area contributed by atoms with Gasteiger partial charge in [-0.05, 0) is 44.2 Å². The molecule has 1 aliphatic rings. The van der Waals surface area contributed by atoms with Crippen LogP contribution in [0.3, 0.4) is 0 Å². The van der Waals surface area contributed by atoms with Crippen molar-refractivity contribution < 1.29 is 28.8 Å². The fourth-order valence-electron chi connectivity index (χ4n) is 4.42. The van der Waals surface area contributed by atoms with Gasteiger partial charge in [0.05, 0.1) is 29.2 Å². The number of nitrogens with zero attached hydrogens (tertiary/aromatic N) is 1.